The summed E-state index contributed by atoms with van der Waals surface area (Å²) >= 11 is 0. The standard InChI is InChI=1S/C13H13N3O2/c1-9-5-12(8-13(6-9)16(17)18)15-11-4-2-3-10(14)7-11/h2-8,15H,14H2,1H3. The highest BCUT2D eigenvalue weighted by molar-refractivity contribution is 5.66. The van der Waals surface area contributed by atoms with Crippen molar-refractivity contribution in [2.75, 3.05) is 11.1 Å². The summed E-state index contributed by atoms with van der Waals surface area (Å²) in [7, 11) is 0. The molecule has 0 fully saturated rings. The number of anilines is 3. The Bertz CT molecular complexity index is 597. The lowest BCUT2D eigenvalue weighted by molar-refractivity contribution is -0.384. The van der Waals surface area contributed by atoms with E-state index in [2.05, 4.69) is 5.32 Å². The molecule has 0 unspecified atom stereocenters. The van der Waals surface area contributed by atoms with Crippen molar-refractivity contribution in [1.82, 2.24) is 0 Å². The third-order valence-electron chi connectivity index (χ3n) is 2.45. The second kappa shape index (κ2) is 4.75. The summed E-state index contributed by atoms with van der Waals surface area (Å²) in [4.78, 5) is 10.4. The average molecular weight is 243 g/mol. The van der Waals surface area contributed by atoms with Gasteiger partial charge in [-0.25, -0.2) is 0 Å². The summed E-state index contributed by atoms with van der Waals surface area (Å²) in [5, 5.41) is 13.9. The van der Waals surface area contributed by atoms with Crippen LogP contribution in [-0.4, -0.2) is 4.92 Å². The van der Waals surface area contributed by atoms with Gasteiger partial charge in [-0.2, -0.15) is 0 Å². The highest BCUT2D eigenvalue weighted by atomic mass is 16.6. The quantitative estimate of drug-likeness (QED) is 0.492. The number of nitrogen functional groups attached to an aromatic ring is 1. The fraction of sp³-hybridized carbons (Fsp3) is 0.0769. The van der Waals surface area contributed by atoms with Crippen molar-refractivity contribution in [3.05, 3.63) is 58.1 Å². The molecule has 0 atom stereocenters. The van der Waals surface area contributed by atoms with Crippen molar-refractivity contribution in [3.8, 4) is 0 Å². The predicted octanol–water partition coefficient (Wildman–Crippen LogP) is 3.23. The van der Waals surface area contributed by atoms with Crippen LogP contribution in [0.15, 0.2) is 42.5 Å². The molecule has 3 N–H and O–H groups in total. The zero-order chi connectivity index (χ0) is 13.1. The first-order valence-corrected chi connectivity index (χ1v) is 5.43. The summed E-state index contributed by atoms with van der Waals surface area (Å²) in [6.07, 6.45) is 0. The van der Waals surface area contributed by atoms with E-state index in [9.17, 15) is 10.1 Å². The number of nitrogens with one attached hydrogen (secondary N) is 1. The second-order valence-corrected chi connectivity index (χ2v) is 4.06. The Morgan fingerprint density at radius 1 is 1.17 bits per heavy atom. The molecule has 0 amide bonds. The van der Waals surface area contributed by atoms with Gasteiger partial charge in [0.15, 0.2) is 0 Å². The van der Waals surface area contributed by atoms with Gasteiger partial charge >= 0.3 is 0 Å². The van der Waals surface area contributed by atoms with Crippen LogP contribution in [0.1, 0.15) is 5.56 Å². The monoisotopic (exact) mass is 243 g/mol. The van der Waals surface area contributed by atoms with Crippen LogP contribution in [0.4, 0.5) is 22.7 Å². The maximum atomic E-state index is 10.8. The minimum atomic E-state index is -0.405. The lowest BCUT2D eigenvalue weighted by atomic mass is 10.2. The lowest BCUT2D eigenvalue weighted by Gasteiger charge is -2.08. The van der Waals surface area contributed by atoms with Crippen molar-refractivity contribution in [3.63, 3.8) is 0 Å². The molecule has 0 bridgehead atoms. The summed E-state index contributed by atoms with van der Waals surface area (Å²) in [6.45, 7) is 1.82. The molecule has 0 spiro atoms. The van der Waals surface area contributed by atoms with Crippen LogP contribution in [0, 0.1) is 17.0 Å². The van der Waals surface area contributed by atoms with E-state index < -0.39 is 4.92 Å². The van der Waals surface area contributed by atoms with Gasteiger partial charge in [-0.05, 0) is 36.8 Å². The Hall–Kier alpha value is -2.56. The minimum absolute atomic E-state index is 0.0707. The number of nitrogens with two attached hydrogens (primary N) is 1. The van der Waals surface area contributed by atoms with E-state index in [1.165, 1.54) is 12.1 Å². The van der Waals surface area contributed by atoms with Crippen LogP contribution >= 0.6 is 0 Å². The van der Waals surface area contributed by atoms with Gasteiger partial charge in [-0.3, -0.25) is 10.1 Å². The van der Waals surface area contributed by atoms with Gasteiger partial charge in [0.2, 0.25) is 0 Å². The van der Waals surface area contributed by atoms with Crippen molar-refractivity contribution < 1.29 is 4.92 Å². The zero-order valence-electron chi connectivity index (χ0n) is 9.88. The Kier molecular flexibility index (Phi) is 3.14. The molecule has 0 aliphatic rings. The number of rotatable bonds is 3. The molecule has 0 heterocycles. The molecule has 0 aliphatic heterocycles. The molecule has 0 aromatic heterocycles. The number of nitro benzene ring substituents is 1. The first kappa shape index (κ1) is 11.9. The maximum absolute atomic E-state index is 10.8. The molecule has 2 aromatic rings. The first-order valence-electron chi connectivity index (χ1n) is 5.43. The number of aryl methyl sites for hydroxylation is 1. The SMILES string of the molecule is Cc1cc(Nc2cccc(N)c2)cc([N+](=O)[O-])c1. The minimum Gasteiger partial charge on any atom is -0.399 e. The van der Waals surface area contributed by atoms with Crippen LogP contribution < -0.4 is 11.1 Å². The first-order chi connectivity index (χ1) is 8.54. The number of hydrogen-bond donors (Lipinski definition) is 2. The van der Waals surface area contributed by atoms with E-state index in [0.717, 1.165) is 11.3 Å². The lowest BCUT2D eigenvalue weighted by Crippen LogP contribution is -1.95. The van der Waals surface area contributed by atoms with E-state index in [4.69, 9.17) is 5.73 Å². The third kappa shape index (κ3) is 2.76. The zero-order valence-corrected chi connectivity index (χ0v) is 9.88. The highest BCUT2D eigenvalue weighted by Crippen LogP contribution is 2.24. The molecular formula is C13H13N3O2. The number of nitrogens with zero attached hydrogens (tertiary/aromatic N) is 1. The van der Waals surface area contributed by atoms with E-state index in [1.807, 2.05) is 25.1 Å². The molecule has 2 rings (SSSR count). The van der Waals surface area contributed by atoms with Gasteiger partial charge in [0.1, 0.15) is 0 Å². The largest absolute Gasteiger partial charge is 0.399 e. The number of benzene rings is 2. The molecule has 0 saturated carbocycles. The molecule has 5 nitrogen and oxygen atoms in total. The van der Waals surface area contributed by atoms with Gasteiger partial charge in [-0.1, -0.05) is 6.07 Å². The second-order valence-electron chi connectivity index (χ2n) is 4.06. The van der Waals surface area contributed by atoms with Crippen LogP contribution in [0.5, 0.6) is 0 Å². The van der Waals surface area contributed by atoms with Crippen molar-refractivity contribution in [2.24, 2.45) is 0 Å². The number of nitro groups is 1. The summed E-state index contributed by atoms with van der Waals surface area (Å²) in [6, 6.07) is 12.1. The van der Waals surface area contributed by atoms with Crippen LogP contribution in [-0.2, 0) is 0 Å². The van der Waals surface area contributed by atoms with E-state index in [0.29, 0.717) is 11.4 Å². The molecule has 5 heteroatoms. The number of hydrogen-bond acceptors (Lipinski definition) is 4. The van der Waals surface area contributed by atoms with E-state index in [-0.39, 0.29) is 5.69 Å². The topological polar surface area (TPSA) is 81.2 Å². The Labute approximate surface area is 104 Å². The van der Waals surface area contributed by atoms with Crippen LogP contribution in [0.2, 0.25) is 0 Å². The van der Waals surface area contributed by atoms with Gasteiger partial charge in [-0.15, -0.1) is 0 Å². The summed E-state index contributed by atoms with van der Waals surface area (Å²) < 4.78 is 0. The predicted molar refractivity (Wildman–Crippen MR) is 72.0 cm³/mol. The Morgan fingerprint density at radius 3 is 2.61 bits per heavy atom. The number of non-ortho nitro benzene ring substituents is 1. The molecule has 0 aliphatic carbocycles. The summed E-state index contributed by atoms with van der Waals surface area (Å²) in [5.74, 6) is 0. The van der Waals surface area contributed by atoms with E-state index in [1.54, 1.807) is 12.1 Å². The third-order valence-corrected chi connectivity index (χ3v) is 2.45. The van der Waals surface area contributed by atoms with Gasteiger partial charge in [0.25, 0.3) is 5.69 Å². The Morgan fingerprint density at radius 2 is 1.94 bits per heavy atom. The van der Waals surface area contributed by atoms with Crippen LogP contribution in [0.25, 0.3) is 0 Å². The normalized spacial score (nSPS) is 10.1. The highest BCUT2D eigenvalue weighted by Gasteiger charge is 2.08. The molecule has 18 heavy (non-hydrogen) atoms. The smallest absolute Gasteiger partial charge is 0.271 e. The molecule has 2 aromatic carbocycles. The van der Waals surface area contributed by atoms with Gasteiger partial charge in [0.05, 0.1) is 4.92 Å². The average Bonchev–Trinajstić information content (AvgIpc) is 2.28. The van der Waals surface area contributed by atoms with Gasteiger partial charge in [0, 0.05) is 29.2 Å². The van der Waals surface area contributed by atoms with Crippen molar-refractivity contribution >= 4 is 22.7 Å². The molecule has 92 valence electrons. The van der Waals surface area contributed by atoms with Crippen molar-refractivity contribution in [2.45, 2.75) is 6.92 Å². The van der Waals surface area contributed by atoms with Crippen LogP contribution in [0.3, 0.4) is 0 Å². The fourth-order valence-electron chi connectivity index (χ4n) is 1.72. The van der Waals surface area contributed by atoms with E-state index >= 15 is 0 Å². The fourth-order valence-corrected chi connectivity index (χ4v) is 1.72. The molecule has 0 radical (unpaired) electrons. The van der Waals surface area contributed by atoms with Gasteiger partial charge < -0.3 is 11.1 Å². The Balaban J connectivity index is 2.31. The maximum Gasteiger partial charge on any atom is 0.271 e. The molecular weight excluding hydrogens is 230 g/mol. The summed E-state index contributed by atoms with van der Waals surface area (Å²) in [5.41, 5.74) is 8.69. The molecule has 0 saturated heterocycles. The van der Waals surface area contributed by atoms with Crippen molar-refractivity contribution in [1.29, 1.82) is 0 Å².